The van der Waals surface area contributed by atoms with Gasteiger partial charge in [-0.1, -0.05) is 17.7 Å². The maximum absolute atomic E-state index is 12.0. The number of hydrogen-bond acceptors (Lipinski definition) is 5. The van der Waals surface area contributed by atoms with Crippen molar-refractivity contribution in [2.75, 3.05) is 11.9 Å². The predicted octanol–water partition coefficient (Wildman–Crippen LogP) is 2.51. The summed E-state index contributed by atoms with van der Waals surface area (Å²) in [6.45, 7) is 3.77. The van der Waals surface area contributed by atoms with Gasteiger partial charge in [-0.25, -0.2) is 4.98 Å². The fourth-order valence-corrected chi connectivity index (χ4v) is 3.30. The molecule has 6 nitrogen and oxygen atoms in total. The number of nitrogens with one attached hydrogen (secondary N) is 1. The lowest BCUT2D eigenvalue weighted by Gasteiger charge is -2.12. The first-order chi connectivity index (χ1) is 11.4. The van der Waals surface area contributed by atoms with Gasteiger partial charge < -0.3 is 5.32 Å². The van der Waals surface area contributed by atoms with Crippen LogP contribution in [0, 0.1) is 13.8 Å². The highest BCUT2D eigenvalue weighted by molar-refractivity contribution is 7.14. The van der Waals surface area contributed by atoms with Crippen LogP contribution in [0.3, 0.4) is 0 Å². The van der Waals surface area contributed by atoms with Crippen molar-refractivity contribution in [3.05, 3.63) is 34.7 Å². The molecule has 2 aromatic rings. The van der Waals surface area contributed by atoms with E-state index in [2.05, 4.69) is 16.4 Å². The molecule has 24 heavy (non-hydrogen) atoms. The Labute approximate surface area is 143 Å². The molecule has 0 spiro atoms. The number of aromatic nitrogens is 1. The molecule has 0 aliphatic carbocycles. The normalized spacial score (nSPS) is 14.3. The molecule has 0 saturated carbocycles. The van der Waals surface area contributed by atoms with Crippen molar-refractivity contribution in [2.24, 2.45) is 0 Å². The van der Waals surface area contributed by atoms with E-state index >= 15 is 0 Å². The second kappa shape index (κ2) is 6.52. The van der Waals surface area contributed by atoms with Crippen LogP contribution < -0.4 is 5.32 Å². The van der Waals surface area contributed by atoms with E-state index in [9.17, 15) is 14.4 Å². The molecule has 0 atom stereocenters. The SMILES string of the molecule is Cc1ccc(C)c(-c2csc(NC(=O)CN3C(=O)CCC3=O)n2)c1. The summed E-state index contributed by atoms with van der Waals surface area (Å²) in [5.74, 6) is -1.02. The molecule has 1 aromatic carbocycles. The van der Waals surface area contributed by atoms with E-state index in [1.807, 2.05) is 31.4 Å². The average Bonchev–Trinajstić information content (AvgIpc) is 3.11. The fraction of sp³-hybridized carbons (Fsp3) is 0.294. The van der Waals surface area contributed by atoms with Gasteiger partial charge in [0.1, 0.15) is 6.54 Å². The smallest absolute Gasteiger partial charge is 0.246 e. The van der Waals surface area contributed by atoms with Crippen LogP contribution in [0.4, 0.5) is 5.13 Å². The Hall–Kier alpha value is -2.54. The standard InChI is InChI=1S/C17H17N3O3S/c1-10-3-4-11(2)12(7-10)13-9-24-17(18-13)19-14(21)8-20-15(22)5-6-16(20)23/h3-4,7,9H,5-6,8H2,1-2H3,(H,18,19,21). The highest BCUT2D eigenvalue weighted by Crippen LogP contribution is 2.28. The molecule has 3 rings (SSSR count). The summed E-state index contributed by atoms with van der Waals surface area (Å²) in [5.41, 5.74) is 4.07. The monoisotopic (exact) mass is 343 g/mol. The lowest BCUT2D eigenvalue weighted by Crippen LogP contribution is -2.36. The van der Waals surface area contributed by atoms with Crippen molar-refractivity contribution in [1.29, 1.82) is 0 Å². The highest BCUT2D eigenvalue weighted by Gasteiger charge is 2.30. The van der Waals surface area contributed by atoms with Gasteiger partial charge in [0.2, 0.25) is 17.7 Å². The molecule has 1 aliphatic heterocycles. The van der Waals surface area contributed by atoms with Crippen LogP contribution >= 0.6 is 11.3 Å². The number of benzene rings is 1. The fourth-order valence-electron chi connectivity index (χ4n) is 2.57. The van der Waals surface area contributed by atoms with Gasteiger partial charge in [0.25, 0.3) is 0 Å². The number of likely N-dealkylation sites (tertiary alicyclic amines) is 1. The van der Waals surface area contributed by atoms with Crippen molar-refractivity contribution in [3.63, 3.8) is 0 Å². The van der Waals surface area contributed by atoms with Gasteiger partial charge in [-0.05, 0) is 25.5 Å². The van der Waals surface area contributed by atoms with Crippen LogP contribution in [0.2, 0.25) is 0 Å². The molecule has 0 bridgehead atoms. The van der Waals surface area contributed by atoms with Gasteiger partial charge in [0.05, 0.1) is 5.69 Å². The van der Waals surface area contributed by atoms with Crippen LogP contribution in [0.25, 0.3) is 11.3 Å². The average molecular weight is 343 g/mol. The van der Waals surface area contributed by atoms with Gasteiger partial charge in [-0.15, -0.1) is 11.3 Å². The Morgan fingerprint density at radius 1 is 1.25 bits per heavy atom. The molecule has 3 amide bonds. The summed E-state index contributed by atoms with van der Waals surface area (Å²) in [7, 11) is 0. The third-order valence-electron chi connectivity index (χ3n) is 3.88. The zero-order valence-corrected chi connectivity index (χ0v) is 14.3. The third-order valence-corrected chi connectivity index (χ3v) is 4.63. The second-order valence-electron chi connectivity index (χ2n) is 5.78. The summed E-state index contributed by atoms with van der Waals surface area (Å²) in [6, 6.07) is 6.13. The summed E-state index contributed by atoms with van der Waals surface area (Å²) in [5, 5.41) is 4.99. The number of rotatable bonds is 4. The first-order valence-electron chi connectivity index (χ1n) is 7.60. The van der Waals surface area contributed by atoms with Crippen molar-refractivity contribution in [1.82, 2.24) is 9.88 Å². The van der Waals surface area contributed by atoms with Gasteiger partial charge in [-0.2, -0.15) is 0 Å². The Kier molecular flexibility index (Phi) is 4.44. The number of amides is 3. The zero-order chi connectivity index (χ0) is 17.3. The van der Waals surface area contributed by atoms with E-state index in [1.165, 1.54) is 11.3 Å². The largest absolute Gasteiger partial charge is 0.300 e. The van der Waals surface area contributed by atoms with E-state index in [0.29, 0.717) is 5.13 Å². The number of hydrogen-bond donors (Lipinski definition) is 1. The second-order valence-corrected chi connectivity index (χ2v) is 6.64. The minimum absolute atomic E-state index is 0.181. The molecule has 0 unspecified atom stereocenters. The number of thiazole rings is 1. The maximum Gasteiger partial charge on any atom is 0.246 e. The molecule has 2 heterocycles. The number of imide groups is 1. The maximum atomic E-state index is 12.0. The van der Waals surface area contributed by atoms with Crippen LogP contribution in [-0.2, 0) is 14.4 Å². The number of carbonyl (C=O) groups excluding carboxylic acids is 3. The van der Waals surface area contributed by atoms with Gasteiger partial charge in [-0.3, -0.25) is 19.3 Å². The summed E-state index contributed by atoms with van der Waals surface area (Å²) < 4.78 is 0. The van der Waals surface area contributed by atoms with Gasteiger partial charge >= 0.3 is 0 Å². The summed E-state index contributed by atoms with van der Waals surface area (Å²) in [4.78, 5) is 40.6. The Balaban J connectivity index is 1.70. The molecule has 7 heteroatoms. The lowest BCUT2D eigenvalue weighted by molar-refractivity contribution is -0.141. The first-order valence-corrected chi connectivity index (χ1v) is 8.48. The molecule has 1 fully saturated rings. The van der Waals surface area contributed by atoms with E-state index in [4.69, 9.17) is 0 Å². The Bertz CT molecular complexity index is 812. The molecule has 1 N–H and O–H groups in total. The highest BCUT2D eigenvalue weighted by atomic mass is 32.1. The zero-order valence-electron chi connectivity index (χ0n) is 13.5. The van der Waals surface area contributed by atoms with E-state index in [0.717, 1.165) is 27.3 Å². The minimum atomic E-state index is -0.416. The van der Waals surface area contributed by atoms with Crippen LogP contribution in [0.5, 0.6) is 0 Å². The van der Waals surface area contributed by atoms with Crippen molar-refractivity contribution in [2.45, 2.75) is 26.7 Å². The van der Waals surface area contributed by atoms with Crippen molar-refractivity contribution < 1.29 is 14.4 Å². The lowest BCUT2D eigenvalue weighted by atomic mass is 10.0. The van der Waals surface area contributed by atoms with Crippen LogP contribution in [0.1, 0.15) is 24.0 Å². The summed E-state index contributed by atoms with van der Waals surface area (Å²) >= 11 is 1.32. The topological polar surface area (TPSA) is 79.4 Å². The molecular formula is C17H17N3O3S. The van der Waals surface area contributed by atoms with E-state index < -0.39 is 5.91 Å². The first kappa shape index (κ1) is 16.3. The van der Waals surface area contributed by atoms with E-state index in [-0.39, 0.29) is 31.2 Å². The Morgan fingerprint density at radius 3 is 2.67 bits per heavy atom. The molecule has 0 radical (unpaired) electrons. The molecule has 1 aliphatic rings. The van der Waals surface area contributed by atoms with Crippen molar-refractivity contribution in [3.8, 4) is 11.3 Å². The predicted molar refractivity (Wildman–Crippen MR) is 91.6 cm³/mol. The summed E-state index contributed by atoms with van der Waals surface area (Å²) in [6.07, 6.45) is 0.361. The number of anilines is 1. The molecule has 1 saturated heterocycles. The van der Waals surface area contributed by atoms with Gasteiger partial charge in [0.15, 0.2) is 5.13 Å². The quantitative estimate of drug-likeness (QED) is 0.865. The van der Waals surface area contributed by atoms with E-state index in [1.54, 1.807) is 0 Å². The Morgan fingerprint density at radius 2 is 1.96 bits per heavy atom. The number of aryl methyl sites for hydroxylation is 2. The molecule has 1 aromatic heterocycles. The third kappa shape index (κ3) is 3.35. The number of carbonyl (C=O) groups is 3. The van der Waals surface area contributed by atoms with Crippen LogP contribution in [0.15, 0.2) is 23.6 Å². The van der Waals surface area contributed by atoms with Crippen LogP contribution in [-0.4, -0.2) is 34.2 Å². The van der Waals surface area contributed by atoms with Gasteiger partial charge in [0, 0.05) is 23.8 Å². The minimum Gasteiger partial charge on any atom is -0.300 e. The molecule has 124 valence electrons. The molecular weight excluding hydrogens is 326 g/mol. The van der Waals surface area contributed by atoms with Crippen molar-refractivity contribution >= 4 is 34.2 Å². The number of nitrogens with zero attached hydrogens (tertiary/aromatic N) is 2.